The first kappa shape index (κ1) is 20.7. The molecule has 3 fully saturated rings. The van der Waals surface area contributed by atoms with Crippen molar-refractivity contribution in [1.29, 1.82) is 0 Å². The Bertz CT molecular complexity index is 987. The van der Waals surface area contributed by atoms with Crippen LogP contribution >= 0.6 is 0 Å². The number of hydrogen-bond acceptors (Lipinski definition) is 5. The van der Waals surface area contributed by atoms with Crippen LogP contribution in [0.15, 0.2) is 29.2 Å². The molecule has 1 aromatic rings. The van der Waals surface area contributed by atoms with E-state index in [4.69, 9.17) is 0 Å². The van der Waals surface area contributed by atoms with Crippen LogP contribution in [0.4, 0.5) is 9.18 Å². The van der Waals surface area contributed by atoms with Crippen LogP contribution in [0.1, 0.15) is 19.8 Å². The van der Waals surface area contributed by atoms with Gasteiger partial charge in [-0.2, -0.15) is 4.31 Å². The summed E-state index contributed by atoms with van der Waals surface area (Å²) in [6.45, 7) is 1.76. The average molecular weight is 438 g/mol. The molecule has 30 heavy (non-hydrogen) atoms. The number of urea groups is 1. The van der Waals surface area contributed by atoms with Crippen molar-refractivity contribution in [3.05, 3.63) is 30.1 Å². The number of halogens is 1. The zero-order chi connectivity index (χ0) is 21.7. The first-order chi connectivity index (χ1) is 14.1. The molecule has 1 aliphatic carbocycles. The second-order valence-corrected chi connectivity index (χ2v) is 9.97. The van der Waals surface area contributed by atoms with E-state index in [-0.39, 0.29) is 49.4 Å². The van der Waals surface area contributed by atoms with E-state index in [9.17, 15) is 27.2 Å². The number of piperazine rings is 1. The van der Waals surface area contributed by atoms with Gasteiger partial charge in [-0.15, -0.1) is 0 Å². The molecule has 4 rings (SSSR count). The van der Waals surface area contributed by atoms with E-state index in [2.05, 4.69) is 5.32 Å². The summed E-state index contributed by atoms with van der Waals surface area (Å²) in [6, 6.07) is 4.01. The molecule has 0 spiro atoms. The average Bonchev–Trinajstić information content (AvgIpc) is 3.54. The van der Waals surface area contributed by atoms with E-state index in [1.807, 2.05) is 0 Å². The minimum atomic E-state index is -3.79. The fraction of sp³-hybridized carbons (Fsp3) is 0.526. The second kappa shape index (κ2) is 7.31. The van der Waals surface area contributed by atoms with Crippen LogP contribution in [0, 0.1) is 11.7 Å². The summed E-state index contributed by atoms with van der Waals surface area (Å²) in [6.07, 6.45) is 1.74. The highest BCUT2D eigenvalue weighted by Crippen LogP contribution is 2.42. The van der Waals surface area contributed by atoms with Crippen molar-refractivity contribution in [3.8, 4) is 0 Å². The lowest BCUT2D eigenvalue weighted by Crippen LogP contribution is -2.53. The second-order valence-electron chi connectivity index (χ2n) is 8.04. The normalized spacial score (nSPS) is 25.5. The Morgan fingerprint density at radius 3 is 2.30 bits per heavy atom. The Kier molecular flexibility index (Phi) is 5.05. The third-order valence-electron chi connectivity index (χ3n) is 6.03. The molecule has 2 aliphatic heterocycles. The summed E-state index contributed by atoms with van der Waals surface area (Å²) in [4.78, 5) is 39.9. The summed E-state index contributed by atoms with van der Waals surface area (Å²) in [5.41, 5.74) is -0.945. The number of amides is 4. The number of hydrogen-bond donors (Lipinski definition) is 1. The van der Waals surface area contributed by atoms with Crippen LogP contribution in [0.5, 0.6) is 0 Å². The maximum atomic E-state index is 13.1. The van der Waals surface area contributed by atoms with Gasteiger partial charge in [0.05, 0.1) is 4.90 Å². The maximum absolute atomic E-state index is 13.1. The molecule has 9 nitrogen and oxygen atoms in total. The Morgan fingerprint density at radius 2 is 1.73 bits per heavy atom. The lowest BCUT2D eigenvalue weighted by molar-refractivity contribution is -0.139. The molecule has 162 valence electrons. The summed E-state index contributed by atoms with van der Waals surface area (Å²) < 4.78 is 39.7. The molecule has 2 heterocycles. The fourth-order valence-corrected chi connectivity index (χ4v) is 5.39. The lowest BCUT2D eigenvalue weighted by atomic mass is 9.96. The maximum Gasteiger partial charge on any atom is 0.325 e. The standard InChI is InChI=1S/C19H23FN4O5S/c1-19(13-2-3-13)17(26)24(18(27)21-19)12-16(25)22-8-10-23(11-9-22)30(28,29)15-6-4-14(20)5-7-15/h4-7,13H,2-3,8-12H2,1H3,(H,21,27). The number of carbonyl (C=O) groups excluding carboxylic acids is 3. The zero-order valence-electron chi connectivity index (χ0n) is 16.5. The van der Waals surface area contributed by atoms with Gasteiger partial charge in [0, 0.05) is 26.2 Å². The summed E-state index contributed by atoms with van der Waals surface area (Å²) in [7, 11) is -3.79. The number of nitrogens with zero attached hydrogens (tertiary/aromatic N) is 3. The van der Waals surface area contributed by atoms with E-state index >= 15 is 0 Å². The van der Waals surface area contributed by atoms with Crippen LogP contribution in [0.25, 0.3) is 0 Å². The predicted octanol–water partition coefficient (Wildman–Crippen LogP) is 0.379. The van der Waals surface area contributed by atoms with Crippen LogP contribution in [-0.4, -0.2) is 78.6 Å². The molecule has 0 aromatic heterocycles. The molecule has 3 aliphatic rings. The highest BCUT2D eigenvalue weighted by Gasteiger charge is 2.56. The molecule has 0 bridgehead atoms. The zero-order valence-corrected chi connectivity index (χ0v) is 17.3. The molecular weight excluding hydrogens is 415 g/mol. The first-order valence-corrected chi connectivity index (χ1v) is 11.2. The number of nitrogens with one attached hydrogen (secondary N) is 1. The Balaban J connectivity index is 1.36. The Hall–Kier alpha value is -2.53. The quantitative estimate of drug-likeness (QED) is 0.669. The third-order valence-corrected chi connectivity index (χ3v) is 7.94. The van der Waals surface area contributed by atoms with Crippen molar-refractivity contribution in [3.63, 3.8) is 0 Å². The monoisotopic (exact) mass is 438 g/mol. The van der Waals surface area contributed by atoms with Gasteiger partial charge in [-0.3, -0.25) is 14.5 Å². The van der Waals surface area contributed by atoms with Gasteiger partial charge in [-0.05, 0) is 49.9 Å². The molecule has 1 unspecified atom stereocenters. The Morgan fingerprint density at radius 1 is 1.13 bits per heavy atom. The predicted molar refractivity (Wildman–Crippen MR) is 103 cm³/mol. The van der Waals surface area contributed by atoms with E-state index < -0.39 is 33.3 Å². The SMILES string of the molecule is CC1(C2CC2)NC(=O)N(CC(=O)N2CCN(S(=O)(=O)c3ccc(F)cc3)CC2)C1=O. The molecule has 1 aromatic carbocycles. The smallest absolute Gasteiger partial charge is 0.325 e. The third kappa shape index (κ3) is 3.56. The Labute approximate surface area is 173 Å². The van der Waals surface area contributed by atoms with Crippen molar-refractivity contribution >= 4 is 27.9 Å². The van der Waals surface area contributed by atoms with Gasteiger partial charge in [0.1, 0.15) is 17.9 Å². The molecule has 4 amide bonds. The van der Waals surface area contributed by atoms with Crippen LogP contribution in [0.2, 0.25) is 0 Å². The number of benzene rings is 1. The summed E-state index contributed by atoms with van der Waals surface area (Å²) in [5, 5.41) is 2.70. The van der Waals surface area contributed by atoms with Crippen LogP contribution in [0.3, 0.4) is 0 Å². The van der Waals surface area contributed by atoms with Gasteiger partial charge in [-0.1, -0.05) is 0 Å². The van der Waals surface area contributed by atoms with E-state index in [0.717, 1.165) is 29.9 Å². The van der Waals surface area contributed by atoms with Crippen molar-refractivity contribution in [2.45, 2.75) is 30.2 Å². The van der Waals surface area contributed by atoms with Crippen LogP contribution in [-0.2, 0) is 19.6 Å². The molecule has 1 atom stereocenters. The van der Waals surface area contributed by atoms with Crippen molar-refractivity contribution in [1.82, 2.24) is 19.4 Å². The van der Waals surface area contributed by atoms with Gasteiger partial charge in [0.25, 0.3) is 5.91 Å². The minimum absolute atomic E-state index is 0.0117. The summed E-state index contributed by atoms with van der Waals surface area (Å²) >= 11 is 0. The number of imide groups is 1. The largest absolute Gasteiger partial charge is 0.338 e. The van der Waals surface area contributed by atoms with E-state index in [1.54, 1.807) is 6.92 Å². The fourth-order valence-electron chi connectivity index (χ4n) is 3.97. The van der Waals surface area contributed by atoms with E-state index in [0.29, 0.717) is 0 Å². The van der Waals surface area contributed by atoms with Gasteiger partial charge in [0.15, 0.2) is 0 Å². The minimum Gasteiger partial charge on any atom is -0.338 e. The highest BCUT2D eigenvalue weighted by molar-refractivity contribution is 7.89. The topological polar surface area (TPSA) is 107 Å². The number of sulfonamides is 1. The molecule has 2 saturated heterocycles. The lowest BCUT2D eigenvalue weighted by Gasteiger charge is -2.34. The van der Waals surface area contributed by atoms with Gasteiger partial charge < -0.3 is 10.2 Å². The van der Waals surface area contributed by atoms with Crippen molar-refractivity contribution < 1.29 is 27.2 Å². The molecule has 0 radical (unpaired) electrons. The molecule has 1 saturated carbocycles. The van der Waals surface area contributed by atoms with Gasteiger partial charge in [-0.25, -0.2) is 17.6 Å². The van der Waals surface area contributed by atoms with Crippen molar-refractivity contribution in [2.75, 3.05) is 32.7 Å². The molecular formula is C19H23FN4O5S. The van der Waals surface area contributed by atoms with Crippen molar-refractivity contribution in [2.24, 2.45) is 5.92 Å². The highest BCUT2D eigenvalue weighted by atomic mass is 32.2. The number of carbonyl (C=O) groups is 3. The van der Waals surface area contributed by atoms with E-state index in [1.165, 1.54) is 21.3 Å². The molecule has 11 heteroatoms. The summed E-state index contributed by atoms with van der Waals surface area (Å²) in [5.74, 6) is -1.21. The van der Waals surface area contributed by atoms with Gasteiger partial charge >= 0.3 is 6.03 Å². The van der Waals surface area contributed by atoms with Crippen LogP contribution < -0.4 is 5.32 Å². The van der Waals surface area contributed by atoms with Gasteiger partial charge in [0.2, 0.25) is 15.9 Å². The first-order valence-electron chi connectivity index (χ1n) is 9.80. The molecule has 1 N–H and O–H groups in total. The number of rotatable bonds is 5.